The number of esters is 1. The lowest BCUT2D eigenvalue weighted by Crippen LogP contribution is -2.43. The molecule has 120 valence electrons. The van der Waals surface area contributed by atoms with Crippen LogP contribution in [0.15, 0.2) is 12.2 Å². The topological polar surface area (TPSA) is 165 Å². The van der Waals surface area contributed by atoms with E-state index in [0.717, 1.165) is 12.2 Å². The summed E-state index contributed by atoms with van der Waals surface area (Å²) < 4.78 is 27.3. The highest BCUT2D eigenvalue weighted by Gasteiger charge is 2.17. The fourth-order valence-corrected chi connectivity index (χ4v) is 1.88. The fraction of sp³-hybridized carbons (Fsp3) is 0.500. The van der Waals surface area contributed by atoms with Gasteiger partial charge in [-0.3, -0.25) is 15.0 Å². The van der Waals surface area contributed by atoms with E-state index in [0.29, 0.717) is 0 Å². The van der Waals surface area contributed by atoms with Crippen LogP contribution in [0.3, 0.4) is 0 Å². The number of amides is 1. The van der Waals surface area contributed by atoms with Gasteiger partial charge in [0.2, 0.25) is 10.0 Å². The number of hydrogen-bond acceptors (Lipinski definition) is 7. The standard InChI is InChI=1S/C10H17N3O7S/c1-2-20-9(15)4-3-8(14)12-13-21(18,19)6-5-7(11)10(16)17/h3-4,7,13H,2,5-6,11H2,1H3,(H,12,14)(H,16,17)/b4-3+. The molecule has 0 saturated carbocycles. The lowest BCUT2D eigenvalue weighted by Gasteiger charge is -2.08. The maximum atomic E-state index is 11.4. The predicted octanol–water partition coefficient (Wildman–Crippen LogP) is -2.14. The second kappa shape index (κ2) is 9.05. The van der Waals surface area contributed by atoms with Gasteiger partial charge < -0.3 is 15.6 Å². The zero-order valence-electron chi connectivity index (χ0n) is 11.2. The Balaban J connectivity index is 4.22. The summed E-state index contributed by atoms with van der Waals surface area (Å²) in [7, 11) is -3.93. The van der Waals surface area contributed by atoms with Gasteiger partial charge in [-0.05, 0) is 13.3 Å². The van der Waals surface area contributed by atoms with E-state index in [1.165, 1.54) is 0 Å². The summed E-state index contributed by atoms with van der Waals surface area (Å²) in [4.78, 5) is 34.2. The summed E-state index contributed by atoms with van der Waals surface area (Å²) in [6, 6.07) is -1.32. The molecule has 0 heterocycles. The van der Waals surface area contributed by atoms with Crippen molar-refractivity contribution in [2.75, 3.05) is 12.4 Å². The number of carbonyl (C=O) groups is 3. The van der Waals surface area contributed by atoms with Crippen LogP contribution >= 0.6 is 0 Å². The van der Waals surface area contributed by atoms with Crippen LogP contribution in [0.2, 0.25) is 0 Å². The molecule has 0 radical (unpaired) electrons. The van der Waals surface area contributed by atoms with Gasteiger partial charge in [0.15, 0.2) is 0 Å². The number of nitrogens with one attached hydrogen (secondary N) is 2. The molecule has 10 nitrogen and oxygen atoms in total. The highest BCUT2D eigenvalue weighted by Crippen LogP contribution is 1.93. The molecule has 5 N–H and O–H groups in total. The number of nitrogens with two attached hydrogens (primary N) is 1. The first-order valence-corrected chi connectivity index (χ1v) is 7.46. The maximum absolute atomic E-state index is 11.4. The van der Waals surface area contributed by atoms with Crippen molar-refractivity contribution in [1.82, 2.24) is 10.3 Å². The van der Waals surface area contributed by atoms with Gasteiger partial charge in [-0.25, -0.2) is 13.2 Å². The summed E-state index contributed by atoms with van der Waals surface area (Å²) in [5.74, 6) is -3.55. The Bertz CT molecular complexity index is 515. The Morgan fingerprint density at radius 2 is 1.95 bits per heavy atom. The number of carbonyl (C=O) groups excluding carboxylic acids is 2. The van der Waals surface area contributed by atoms with E-state index in [-0.39, 0.29) is 13.0 Å². The second-order valence-corrected chi connectivity index (χ2v) is 5.57. The first kappa shape index (κ1) is 19.0. The molecule has 1 unspecified atom stereocenters. The first-order chi connectivity index (χ1) is 9.68. The number of aliphatic carboxylic acids is 1. The van der Waals surface area contributed by atoms with Crippen LogP contribution in [0.25, 0.3) is 0 Å². The molecule has 0 saturated heterocycles. The van der Waals surface area contributed by atoms with Gasteiger partial charge in [-0.15, -0.1) is 4.83 Å². The van der Waals surface area contributed by atoms with Gasteiger partial charge in [-0.1, -0.05) is 0 Å². The Labute approximate surface area is 121 Å². The third-order valence-electron chi connectivity index (χ3n) is 2.00. The summed E-state index contributed by atoms with van der Waals surface area (Å²) in [5.41, 5.74) is 6.96. The van der Waals surface area contributed by atoms with Crippen molar-refractivity contribution in [2.24, 2.45) is 5.73 Å². The summed E-state index contributed by atoms with van der Waals surface area (Å²) in [6.45, 7) is 1.73. The minimum atomic E-state index is -3.93. The summed E-state index contributed by atoms with van der Waals surface area (Å²) in [5, 5.41) is 8.50. The lowest BCUT2D eigenvalue weighted by atomic mass is 10.2. The molecule has 0 spiro atoms. The third-order valence-corrected chi connectivity index (χ3v) is 3.19. The average Bonchev–Trinajstić information content (AvgIpc) is 2.40. The molecule has 21 heavy (non-hydrogen) atoms. The first-order valence-electron chi connectivity index (χ1n) is 5.80. The number of sulfonamides is 1. The van der Waals surface area contributed by atoms with Crippen LogP contribution in [-0.2, 0) is 29.1 Å². The van der Waals surface area contributed by atoms with Crippen LogP contribution in [0.1, 0.15) is 13.3 Å². The lowest BCUT2D eigenvalue weighted by molar-refractivity contribution is -0.139. The van der Waals surface area contributed by atoms with E-state index < -0.39 is 39.7 Å². The van der Waals surface area contributed by atoms with Crippen molar-refractivity contribution in [3.8, 4) is 0 Å². The molecule has 0 aliphatic carbocycles. The molecule has 0 rings (SSSR count). The Morgan fingerprint density at radius 1 is 1.33 bits per heavy atom. The van der Waals surface area contributed by atoms with Gasteiger partial charge in [0.1, 0.15) is 6.04 Å². The quantitative estimate of drug-likeness (QED) is 0.212. The molecule has 0 aliphatic rings. The number of hydrogen-bond donors (Lipinski definition) is 4. The normalized spacial score (nSPS) is 12.9. The Kier molecular flexibility index (Phi) is 8.19. The summed E-state index contributed by atoms with van der Waals surface area (Å²) >= 11 is 0. The van der Waals surface area contributed by atoms with Crippen LogP contribution < -0.4 is 16.0 Å². The van der Waals surface area contributed by atoms with Crippen molar-refractivity contribution in [1.29, 1.82) is 0 Å². The largest absolute Gasteiger partial charge is 0.480 e. The molecule has 1 atom stereocenters. The molecule has 1 amide bonds. The molecule has 0 bridgehead atoms. The van der Waals surface area contributed by atoms with Gasteiger partial charge in [-0.2, -0.15) is 0 Å². The second-order valence-electron chi connectivity index (χ2n) is 3.73. The van der Waals surface area contributed by atoms with Crippen molar-refractivity contribution < 1.29 is 32.6 Å². The molecular weight excluding hydrogens is 306 g/mol. The zero-order valence-corrected chi connectivity index (χ0v) is 12.1. The maximum Gasteiger partial charge on any atom is 0.330 e. The van der Waals surface area contributed by atoms with Gasteiger partial charge >= 0.3 is 11.9 Å². The van der Waals surface area contributed by atoms with Crippen LogP contribution in [0.4, 0.5) is 0 Å². The number of hydrazine groups is 1. The number of carboxylic acids is 1. The van der Waals surface area contributed by atoms with Crippen molar-refractivity contribution in [3.05, 3.63) is 12.2 Å². The number of rotatable bonds is 9. The minimum Gasteiger partial charge on any atom is -0.480 e. The highest BCUT2D eigenvalue weighted by molar-refractivity contribution is 7.89. The van der Waals surface area contributed by atoms with Crippen LogP contribution in [-0.4, -0.2) is 49.8 Å². The molecule has 0 aromatic carbocycles. The monoisotopic (exact) mass is 323 g/mol. The average molecular weight is 323 g/mol. The van der Waals surface area contributed by atoms with E-state index in [1.54, 1.807) is 11.8 Å². The van der Waals surface area contributed by atoms with E-state index >= 15 is 0 Å². The highest BCUT2D eigenvalue weighted by atomic mass is 32.2. The minimum absolute atomic E-state index is 0.140. The van der Waals surface area contributed by atoms with E-state index in [4.69, 9.17) is 10.8 Å². The molecule has 0 aromatic heterocycles. The molecular formula is C10H17N3O7S. The molecule has 0 fully saturated rings. The smallest absolute Gasteiger partial charge is 0.330 e. The number of ether oxygens (including phenoxy) is 1. The van der Waals surface area contributed by atoms with Crippen molar-refractivity contribution in [3.63, 3.8) is 0 Å². The van der Waals surface area contributed by atoms with E-state index in [1.807, 2.05) is 5.43 Å². The van der Waals surface area contributed by atoms with Crippen LogP contribution in [0.5, 0.6) is 0 Å². The summed E-state index contributed by atoms with van der Waals surface area (Å²) in [6.07, 6.45) is 1.29. The molecule has 0 aromatic rings. The van der Waals surface area contributed by atoms with Gasteiger partial charge in [0.05, 0.1) is 12.4 Å². The fourth-order valence-electron chi connectivity index (χ4n) is 0.960. The predicted molar refractivity (Wildman–Crippen MR) is 71.1 cm³/mol. The van der Waals surface area contributed by atoms with Gasteiger partial charge in [0.25, 0.3) is 5.91 Å². The number of carboxylic acid groups (broad SMARTS) is 1. The molecule has 0 aliphatic heterocycles. The Hall–Kier alpha value is -1.98. The van der Waals surface area contributed by atoms with E-state index in [2.05, 4.69) is 4.74 Å². The van der Waals surface area contributed by atoms with Crippen molar-refractivity contribution in [2.45, 2.75) is 19.4 Å². The zero-order chi connectivity index (χ0) is 16.5. The SMILES string of the molecule is CCOC(=O)/C=C/C(=O)NNS(=O)(=O)CCC(N)C(=O)O. The van der Waals surface area contributed by atoms with Crippen molar-refractivity contribution >= 4 is 27.9 Å². The molecule has 11 heteroatoms. The van der Waals surface area contributed by atoms with E-state index in [9.17, 15) is 22.8 Å². The van der Waals surface area contributed by atoms with Crippen LogP contribution in [0, 0.1) is 0 Å². The third kappa shape index (κ3) is 9.54. The Morgan fingerprint density at radius 3 is 2.48 bits per heavy atom. The van der Waals surface area contributed by atoms with Gasteiger partial charge in [0, 0.05) is 12.2 Å².